The number of rotatable bonds is 4. The Bertz CT molecular complexity index is 710. The molecule has 2 aliphatic heterocycles. The lowest BCUT2D eigenvalue weighted by molar-refractivity contribution is -0.00757. The lowest BCUT2D eigenvalue weighted by atomic mass is 9.79. The number of hydrogen-bond acceptors (Lipinski definition) is 4. The summed E-state index contributed by atoms with van der Waals surface area (Å²) in [4.78, 5) is 2.58. The van der Waals surface area contributed by atoms with Crippen LogP contribution in [0, 0.1) is 0 Å². The van der Waals surface area contributed by atoms with Crippen LogP contribution in [0.5, 0.6) is 0 Å². The van der Waals surface area contributed by atoms with E-state index in [0.717, 1.165) is 25.9 Å². The van der Waals surface area contributed by atoms with Crippen LogP contribution >= 0.6 is 0 Å². The van der Waals surface area contributed by atoms with Gasteiger partial charge < -0.3 is 4.74 Å². The lowest BCUT2D eigenvalue weighted by Crippen LogP contribution is -2.64. The van der Waals surface area contributed by atoms with E-state index in [-0.39, 0.29) is 10.8 Å². The second-order valence-corrected chi connectivity index (χ2v) is 10.6. The monoisotopic (exact) mass is 392 g/mol. The van der Waals surface area contributed by atoms with E-state index < -0.39 is 10.0 Å². The second kappa shape index (κ2) is 8.19. The second-order valence-electron chi connectivity index (χ2n) is 8.38. The van der Waals surface area contributed by atoms with Gasteiger partial charge in [-0.1, -0.05) is 49.6 Å². The largest absolute Gasteiger partial charge is 0.381 e. The molecule has 0 amide bonds. The summed E-state index contributed by atoms with van der Waals surface area (Å²) in [6.45, 7) is 4.18. The molecule has 0 radical (unpaired) electrons. The van der Waals surface area contributed by atoms with Crippen LogP contribution in [0.1, 0.15) is 50.5 Å². The van der Waals surface area contributed by atoms with E-state index in [0.29, 0.717) is 39.1 Å². The number of nitrogens with zero attached hydrogens (tertiary/aromatic N) is 2. The molecule has 0 unspecified atom stereocenters. The molecule has 3 aliphatic rings. The van der Waals surface area contributed by atoms with Crippen molar-refractivity contribution in [1.29, 1.82) is 0 Å². The van der Waals surface area contributed by atoms with Crippen molar-refractivity contribution in [2.75, 3.05) is 32.8 Å². The highest BCUT2D eigenvalue weighted by Crippen LogP contribution is 2.39. The standard InChI is InChI=1S/C21H32N2O3S/c24-27(25,20-9-15-26-16-10-20)23-14-13-22(17-19-7-3-1-4-8-19)21(18-23)11-5-2-6-12-21/h1,3-4,7-8,20H,2,5-6,9-18H2. The highest BCUT2D eigenvalue weighted by Gasteiger charge is 2.46. The lowest BCUT2D eigenvalue weighted by Gasteiger charge is -2.53. The van der Waals surface area contributed by atoms with E-state index in [1.165, 1.54) is 24.8 Å². The predicted molar refractivity (Wildman–Crippen MR) is 107 cm³/mol. The molecule has 4 rings (SSSR count). The molecule has 150 valence electrons. The molecule has 6 heteroatoms. The summed E-state index contributed by atoms with van der Waals surface area (Å²) < 4.78 is 33.8. The Morgan fingerprint density at radius 2 is 1.70 bits per heavy atom. The van der Waals surface area contributed by atoms with Crippen molar-refractivity contribution < 1.29 is 13.2 Å². The molecule has 0 N–H and O–H groups in total. The fourth-order valence-electron chi connectivity index (χ4n) is 5.11. The molecule has 5 nitrogen and oxygen atoms in total. The minimum Gasteiger partial charge on any atom is -0.381 e. The van der Waals surface area contributed by atoms with Crippen molar-refractivity contribution in [2.24, 2.45) is 0 Å². The first kappa shape index (κ1) is 19.4. The van der Waals surface area contributed by atoms with Gasteiger partial charge in [0, 0.05) is 44.9 Å². The molecular weight excluding hydrogens is 360 g/mol. The van der Waals surface area contributed by atoms with Gasteiger partial charge in [0.1, 0.15) is 0 Å². The maximum absolute atomic E-state index is 13.3. The van der Waals surface area contributed by atoms with Crippen LogP contribution in [0.25, 0.3) is 0 Å². The Kier molecular flexibility index (Phi) is 5.88. The summed E-state index contributed by atoms with van der Waals surface area (Å²) in [5.41, 5.74) is 1.33. The molecule has 0 atom stereocenters. The number of sulfonamides is 1. The van der Waals surface area contributed by atoms with Crippen LogP contribution in [-0.2, 0) is 21.3 Å². The zero-order valence-electron chi connectivity index (χ0n) is 16.2. The molecule has 0 bridgehead atoms. The number of ether oxygens (including phenoxy) is 1. The molecule has 1 saturated carbocycles. The first-order valence-electron chi connectivity index (χ1n) is 10.5. The number of benzene rings is 1. The van der Waals surface area contributed by atoms with Gasteiger partial charge in [-0.05, 0) is 31.2 Å². The maximum Gasteiger partial charge on any atom is 0.217 e. The van der Waals surface area contributed by atoms with Gasteiger partial charge in [0.25, 0.3) is 0 Å². The quantitative estimate of drug-likeness (QED) is 0.790. The van der Waals surface area contributed by atoms with Gasteiger partial charge in [-0.2, -0.15) is 4.31 Å². The average molecular weight is 393 g/mol. The molecule has 27 heavy (non-hydrogen) atoms. The molecule has 1 aromatic rings. The topological polar surface area (TPSA) is 49.9 Å². The van der Waals surface area contributed by atoms with E-state index in [1.807, 2.05) is 4.31 Å². The van der Waals surface area contributed by atoms with Crippen LogP contribution in [0.2, 0.25) is 0 Å². The van der Waals surface area contributed by atoms with E-state index in [1.54, 1.807) is 0 Å². The van der Waals surface area contributed by atoms with Crippen molar-refractivity contribution >= 4 is 10.0 Å². The minimum atomic E-state index is -3.23. The highest BCUT2D eigenvalue weighted by molar-refractivity contribution is 7.89. The summed E-state index contributed by atoms with van der Waals surface area (Å²) >= 11 is 0. The van der Waals surface area contributed by atoms with E-state index in [9.17, 15) is 8.42 Å². The molecule has 2 heterocycles. The summed E-state index contributed by atoms with van der Waals surface area (Å²) in [7, 11) is -3.23. The minimum absolute atomic E-state index is 0.00454. The predicted octanol–water partition coefficient (Wildman–Crippen LogP) is 3.02. The molecule has 2 saturated heterocycles. The smallest absolute Gasteiger partial charge is 0.217 e. The van der Waals surface area contributed by atoms with Crippen molar-refractivity contribution in [3.8, 4) is 0 Å². The molecule has 3 fully saturated rings. The first-order chi connectivity index (χ1) is 13.1. The van der Waals surface area contributed by atoms with Gasteiger partial charge in [-0.15, -0.1) is 0 Å². The Balaban J connectivity index is 1.54. The Morgan fingerprint density at radius 3 is 2.41 bits per heavy atom. The van der Waals surface area contributed by atoms with E-state index in [4.69, 9.17) is 4.74 Å². The SMILES string of the molecule is O=S(=O)(C1CCOCC1)N1CCN(Cc2ccccc2)C2(CCCCC2)C1. The van der Waals surface area contributed by atoms with Gasteiger partial charge in [-0.25, -0.2) is 8.42 Å². The van der Waals surface area contributed by atoms with Crippen LogP contribution in [0.15, 0.2) is 30.3 Å². The van der Waals surface area contributed by atoms with Crippen molar-refractivity contribution in [1.82, 2.24) is 9.21 Å². The fourth-order valence-corrected chi connectivity index (χ4v) is 7.08. The van der Waals surface area contributed by atoms with E-state index >= 15 is 0 Å². The van der Waals surface area contributed by atoms with Gasteiger partial charge in [-0.3, -0.25) is 4.90 Å². The molecular formula is C21H32N2O3S. The Labute approximate surface area is 163 Å². The van der Waals surface area contributed by atoms with Crippen LogP contribution in [0.4, 0.5) is 0 Å². The molecule has 1 spiro atoms. The van der Waals surface area contributed by atoms with Crippen LogP contribution in [-0.4, -0.2) is 61.3 Å². The molecule has 1 aromatic carbocycles. The molecule has 0 aromatic heterocycles. The number of piperazine rings is 1. The third-order valence-corrected chi connectivity index (χ3v) is 9.06. The summed E-state index contributed by atoms with van der Waals surface area (Å²) in [5, 5.41) is -0.257. The summed E-state index contributed by atoms with van der Waals surface area (Å²) in [6, 6.07) is 10.6. The third-order valence-electron chi connectivity index (χ3n) is 6.71. The van der Waals surface area contributed by atoms with Crippen LogP contribution < -0.4 is 0 Å². The van der Waals surface area contributed by atoms with Gasteiger partial charge in [0.15, 0.2) is 0 Å². The van der Waals surface area contributed by atoms with E-state index in [2.05, 4.69) is 35.2 Å². The van der Waals surface area contributed by atoms with Gasteiger partial charge in [0.2, 0.25) is 10.0 Å². The summed E-state index contributed by atoms with van der Waals surface area (Å²) in [5.74, 6) is 0. The Morgan fingerprint density at radius 1 is 1.00 bits per heavy atom. The third kappa shape index (κ3) is 4.09. The average Bonchev–Trinajstić information content (AvgIpc) is 2.72. The van der Waals surface area contributed by atoms with Gasteiger partial charge >= 0.3 is 0 Å². The maximum atomic E-state index is 13.3. The fraction of sp³-hybridized carbons (Fsp3) is 0.714. The van der Waals surface area contributed by atoms with Crippen molar-refractivity contribution in [3.63, 3.8) is 0 Å². The highest BCUT2D eigenvalue weighted by atomic mass is 32.2. The van der Waals surface area contributed by atoms with Crippen molar-refractivity contribution in [2.45, 2.75) is 62.3 Å². The zero-order chi connectivity index (χ0) is 18.7. The number of hydrogen-bond donors (Lipinski definition) is 0. The first-order valence-corrected chi connectivity index (χ1v) is 12.0. The summed E-state index contributed by atoms with van der Waals surface area (Å²) in [6.07, 6.45) is 7.18. The zero-order valence-corrected chi connectivity index (χ0v) is 17.0. The van der Waals surface area contributed by atoms with Gasteiger partial charge in [0.05, 0.1) is 5.25 Å². The normalized spacial score (nSPS) is 25.6. The van der Waals surface area contributed by atoms with Crippen molar-refractivity contribution in [3.05, 3.63) is 35.9 Å². The molecule has 1 aliphatic carbocycles. The van der Waals surface area contributed by atoms with Crippen LogP contribution in [0.3, 0.4) is 0 Å². The Hall–Kier alpha value is -0.950.